The second-order valence-electron chi connectivity index (χ2n) is 6.05. The molecule has 0 bridgehead atoms. The fraction of sp³-hybridized carbons (Fsp3) is 0.368. The van der Waals surface area contributed by atoms with Gasteiger partial charge in [-0.05, 0) is 30.7 Å². The number of hydrogen-bond donors (Lipinski definition) is 0. The minimum Gasteiger partial charge on any atom is -0.461 e. The van der Waals surface area contributed by atoms with E-state index in [1.54, 1.807) is 31.5 Å². The molecule has 7 nitrogen and oxygen atoms in total. The van der Waals surface area contributed by atoms with Crippen LogP contribution in [-0.4, -0.2) is 53.6 Å². The normalized spacial score (nSPS) is 14.7. The molecule has 2 aromatic rings. The maximum atomic E-state index is 11.6. The first-order chi connectivity index (χ1) is 12.7. The number of aromatic nitrogens is 2. The van der Waals surface area contributed by atoms with E-state index >= 15 is 0 Å². The van der Waals surface area contributed by atoms with Crippen LogP contribution in [0.3, 0.4) is 0 Å². The van der Waals surface area contributed by atoms with E-state index in [1.807, 2.05) is 18.2 Å². The van der Waals surface area contributed by atoms with Crippen LogP contribution in [0.2, 0.25) is 0 Å². The Morgan fingerprint density at radius 3 is 2.54 bits per heavy atom. The van der Waals surface area contributed by atoms with Gasteiger partial charge in [0.1, 0.15) is 17.5 Å². The number of esters is 1. The molecule has 0 aliphatic carbocycles. The van der Waals surface area contributed by atoms with Crippen LogP contribution in [0.4, 0.5) is 5.69 Å². The van der Waals surface area contributed by atoms with E-state index < -0.39 is 0 Å². The summed E-state index contributed by atoms with van der Waals surface area (Å²) >= 11 is 0. The molecule has 1 aliphatic heterocycles. The van der Waals surface area contributed by atoms with Gasteiger partial charge in [0.15, 0.2) is 0 Å². The smallest absolute Gasteiger partial charge is 0.356 e. The van der Waals surface area contributed by atoms with Crippen LogP contribution in [0.1, 0.15) is 28.7 Å². The van der Waals surface area contributed by atoms with Crippen molar-refractivity contribution >= 4 is 11.7 Å². The molecule has 7 heteroatoms. The summed E-state index contributed by atoms with van der Waals surface area (Å²) < 4.78 is 4.95. The van der Waals surface area contributed by atoms with Crippen molar-refractivity contribution < 1.29 is 9.53 Å². The third-order valence-corrected chi connectivity index (χ3v) is 4.32. The van der Waals surface area contributed by atoms with Crippen LogP contribution >= 0.6 is 0 Å². The predicted octanol–water partition coefficient (Wildman–Crippen LogP) is 1.85. The molecule has 0 spiro atoms. The molecule has 1 aliphatic rings. The van der Waals surface area contributed by atoms with Gasteiger partial charge in [-0.25, -0.2) is 14.8 Å². The van der Waals surface area contributed by atoms with Crippen LogP contribution in [0, 0.1) is 11.3 Å². The second-order valence-corrected chi connectivity index (χ2v) is 6.05. The van der Waals surface area contributed by atoms with Gasteiger partial charge in [0.25, 0.3) is 0 Å². The summed E-state index contributed by atoms with van der Waals surface area (Å²) in [6.45, 7) is 6.60. The van der Waals surface area contributed by atoms with E-state index in [4.69, 9.17) is 10.00 Å². The van der Waals surface area contributed by atoms with Gasteiger partial charge in [-0.3, -0.25) is 4.90 Å². The van der Waals surface area contributed by atoms with Crippen molar-refractivity contribution in [3.63, 3.8) is 0 Å². The molecule has 0 N–H and O–H groups in total. The van der Waals surface area contributed by atoms with Crippen LogP contribution in [-0.2, 0) is 11.3 Å². The molecular weight excluding hydrogens is 330 g/mol. The molecule has 1 fully saturated rings. The highest BCUT2D eigenvalue weighted by molar-refractivity contribution is 5.87. The van der Waals surface area contributed by atoms with Gasteiger partial charge >= 0.3 is 5.97 Å². The number of hydrogen-bond acceptors (Lipinski definition) is 7. The summed E-state index contributed by atoms with van der Waals surface area (Å²) in [7, 11) is 0. The van der Waals surface area contributed by atoms with Crippen molar-refractivity contribution in [2.45, 2.75) is 13.5 Å². The maximum Gasteiger partial charge on any atom is 0.356 e. The molecule has 0 atom stereocenters. The Bertz CT molecular complexity index is 775. The van der Waals surface area contributed by atoms with E-state index in [-0.39, 0.29) is 5.97 Å². The highest BCUT2D eigenvalue weighted by Crippen LogP contribution is 2.16. The quantitative estimate of drug-likeness (QED) is 0.760. The third kappa shape index (κ3) is 4.35. The minimum atomic E-state index is -0.385. The Morgan fingerprint density at radius 1 is 1.15 bits per heavy atom. The molecule has 0 aromatic carbocycles. The van der Waals surface area contributed by atoms with Crippen molar-refractivity contribution in [2.75, 3.05) is 37.7 Å². The Balaban J connectivity index is 1.52. The van der Waals surface area contributed by atoms with Crippen LogP contribution in [0.25, 0.3) is 0 Å². The number of pyridine rings is 2. The van der Waals surface area contributed by atoms with Gasteiger partial charge in [0.2, 0.25) is 0 Å². The van der Waals surface area contributed by atoms with Gasteiger partial charge in [0.05, 0.1) is 18.5 Å². The zero-order chi connectivity index (χ0) is 18.4. The summed E-state index contributed by atoms with van der Waals surface area (Å²) in [4.78, 5) is 24.6. The molecule has 1 saturated heterocycles. The summed E-state index contributed by atoms with van der Waals surface area (Å²) in [5.74, 6) is -0.385. The van der Waals surface area contributed by atoms with E-state index in [9.17, 15) is 4.79 Å². The lowest BCUT2D eigenvalue weighted by molar-refractivity contribution is 0.0519. The number of rotatable bonds is 5. The zero-order valence-corrected chi connectivity index (χ0v) is 14.8. The average Bonchev–Trinajstić information content (AvgIpc) is 2.69. The second kappa shape index (κ2) is 8.41. The molecular formula is C19H21N5O2. The SMILES string of the molecule is CCOC(=O)c1ccc(CN2CCN(c3ccc(C#N)nc3)CC2)cn1. The van der Waals surface area contributed by atoms with E-state index in [0.717, 1.165) is 44.0 Å². The monoisotopic (exact) mass is 351 g/mol. The molecule has 0 radical (unpaired) electrons. The van der Waals surface area contributed by atoms with Crippen LogP contribution < -0.4 is 4.90 Å². The third-order valence-electron chi connectivity index (χ3n) is 4.32. The fourth-order valence-electron chi connectivity index (χ4n) is 2.91. The Hall–Kier alpha value is -2.98. The molecule has 134 valence electrons. The number of nitriles is 1. The van der Waals surface area contributed by atoms with Crippen molar-refractivity contribution in [1.82, 2.24) is 14.9 Å². The van der Waals surface area contributed by atoms with E-state index in [0.29, 0.717) is 18.0 Å². The number of piperazine rings is 1. The standard InChI is InChI=1S/C19H21N5O2/c1-2-26-19(25)18-6-3-15(12-22-18)14-23-7-9-24(10-8-23)17-5-4-16(11-20)21-13-17/h3-6,12-13H,2,7-10,14H2,1H3. The highest BCUT2D eigenvalue weighted by Gasteiger charge is 2.18. The topological polar surface area (TPSA) is 82.4 Å². The van der Waals surface area contributed by atoms with Crippen molar-refractivity contribution in [3.05, 3.63) is 53.6 Å². The van der Waals surface area contributed by atoms with E-state index in [1.165, 1.54) is 0 Å². The lowest BCUT2D eigenvalue weighted by Crippen LogP contribution is -2.46. The molecule has 3 rings (SSSR count). The Morgan fingerprint density at radius 2 is 1.96 bits per heavy atom. The number of nitrogens with zero attached hydrogens (tertiary/aromatic N) is 5. The fourth-order valence-corrected chi connectivity index (χ4v) is 2.91. The molecule has 0 unspecified atom stereocenters. The summed E-state index contributed by atoms with van der Waals surface area (Å²) in [5, 5.41) is 8.82. The highest BCUT2D eigenvalue weighted by atomic mass is 16.5. The van der Waals surface area contributed by atoms with Gasteiger partial charge in [-0.15, -0.1) is 0 Å². The zero-order valence-electron chi connectivity index (χ0n) is 14.8. The summed E-state index contributed by atoms with van der Waals surface area (Å²) in [6.07, 6.45) is 3.50. The van der Waals surface area contributed by atoms with Crippen LogP contribution in [0.15, 0.2) is 36.7 Å². The number of ether oxygens (including phenoxy) is 1. The van der Waals surface area contributed by atoms with Gasteiger partial charge in [-0.1, -0.05) is 6.07 Å². The summed E-state index contributed by atoms with van der Waals surface area (Å²) in [6, 6.07) is 9.37. The van der Waals surface area contributed by atoms with Crippen molar-refractivity contribution in [1.29, 1.82) is 5.26 Å². The first-order valence-electron chi connectivity index (χ1n) is 8.65. The molecule has 2 aromatic heterocycles. The van der Waals surface area contributed by atoms with Crippen molar-refractivity contribution in [3.8, 4) is 6.07 Å². The lowest BCUT2D eigenvalue weighted by atomic mass is 10.2. The molecule has 26 heavy (non-hydrogen) atoms. The predicted molar refractivity (Wildman–Crippen MR) is 96.6 cm³/mol. The first kappa shape index (κ1) is 17.8. The largest absolute Gasteiger partial charge is 0.461 e. The van der Waals surface area contributed by atoms with E-state index in [2.05, 4.69) is 19.8 Å². The lowest BCUT2D eigenvalue weighted by Gasteiger charge is -2.35. The summed E-state index contributed by atoms with van der Waals surface area (Å²) in [5.41, 5.74) is 2.90. The molecule has 0 amide bonds. The van der Waals surface area contributed by atoms with Gasteiger partial charge in [-0.2, -0.15) is 5.26 Å². The first-order valence-corrected chi connectivity index (χ1v) is 8.65. The molecule has 3 heterocycles. The number of carbonyl (C=O) groups is 1. The van der Waals surface area contributed by atoms with Crippen molar-refractivity contribution in [2.24, 2.45) is 0 Å². The Labute approximate surface area is 152 Å². The number of anilines is 1. The average molecular weight is 351 g/mol. The number of carbonyl (C=O) groups excluding carboxylic acids is 1. The maximum absolute atomic E-state index is 11.6. The molecule has 0 saturated carbocycles. The minimum absolute atomic E-state index is 0.341. The van der Waals surface area contributed by atoms with Crippen LogP contribution in [0.5, 0.6) is 0 Å². The van der Waals surface area contributed by atoms with Gasteiger partial charge < -0.3 is 9.64 Å². The Kier molecular flexibility index (Phi) is 5.77. The van der Waals surface area contributed by atoms with Gasteiger partial charge in [0, 0.05) is 38.9 Å².